The molecule has 0 spiro atoms. The highest BCUT2D eigenvalue weighted by molar-refractivity contribution is 5.97. The van der Waals surface area contributed by atoms with Crippen molar-refractivity contribution < 1.29 is 23.9 Å². The van der Waals surface area contributed by atoms with Gasteiger partial charge in [0.15, 0.2) is 0 Å². The van der Waals surface area contributed by atoms with Crippen LogP contribution in [0.25, 0.3) is 0 Å². The van der Waals surface area contributed by atoms with E-state index in [1.54, 1.807) is 18.2 Å². The zero-order chi connectivity index (χ0) is 24.7. The lowest BCUT2D eigenvalue weighted by atomic mass is 9.94. The van der Waals surface area contributed by atoms with Crippen LogP contribution in [0, 0.1) is 5.41 Å². The Hall–Kier alpha value is -3.20. The van der Waals surface area contributed by atoms with Crippen molar-refractivity contribution in [3.63, 3.8) is 0 Å². The standard InChI is InChI=1S/C25H34N4O5/c1-4-19-21-20(10-6-12-33-13-7-11-27-23(21)31)29(28-19)15-25(2,3)16-34-24(32)18-9-5-8-17(14-18)22(26)30/h5,8-9,14H,4,6-7,10-13,15-16H2,1-3H3,(H2,26,30)(H,27,31). The highest BCUT2D eigenvalue weighted by Crippen LogP contribution is 2.25. The maximum Gasteiger partial charge on any atom is 0.338 e. The van der Waals surface area contributed by atoms with Gasteiger partial charge in [-0.25, -0.2) is 4.79 Å². The Morgan fingerprint density at radius 3 is 2.71 bits per heavy atom. The molecule has 3 N–H and O–H groups in total. The van der Waals surface area contributed by atoms with Gasteiger partial charge in [0.2, 0.25) is 5.91 Å². The zero-order valence-electron chi connectivity index (χ0n) is 20.2. The summed E-state index contributed by atoms with van der Waals surface area (Å²) < 4.78 is 13.1. The number of primary amides is 1. The number of nitrogens with two attached hydrogens (primary N) is 1. The highest BCUT2D eigenvalue weighted by Gasteiger charge is 2.28. The summed E-state index contributed by atoms with van der Waals surface area (Å²) in [6, 6.07) is 6.15. The fourth-order valence-corrected chi connectivity index (χ4v) is 3.95. The molecule has 2 aromatic rings. The Bertz CT molecular complexity index is 1040. The molecule has 0 saturated carbocycles. The second kappa shape index (κ2) is 11.3. The molecular formula is C25H34N4O5. The van der Waals surface area contributed by atoms with Gasteiger partial charge in [0.1, 0.15) is 0 Å². The summed E-state index contributed by atoms with van der Waals surface area (Å²) in [4.78, 5) is 36.9. The Labute approximate surface area is 200 Å². The van der Waals surface area contributed by atoms with Gasteiger partial charge in [0, 0.05) is 37.3 Å². The van der Waals surface area contributed by atoms with Crippen molar-refractivity contribution in [2.45, 2.75) is 53.0 Å². The van der Waals surface area contributed by atoms with Crippen molar-refractivity contribution in [1.29, 1.82) is 0 Å². The van der Waals surface area contributed by atoms with E-state index in [4.69, 9.17) is 20.3 Å². The van der Waals surface area contributed by atoms with Crippen molar-refractivity contribution >= 4 is 17.8 Å². The van der Waals surface area contributed by atoms with Gasteiger partial charge < -0.3 is 20.5 Å². The van der Waals surface area contributed by atoms with E-state index in [0.29, 0.717) is 44.7 Å². The third-order valence-corrected chi connectivity index (χ3v) is 5.70. The van der Waals surface area contributed by atoms with Crippen molar-refractivity contribution in [2.75, 3.05) is 26.4 Å². The van der Waals surface area contributed by atoms with Crippen LogP contribution in [-0.4, -0.2) is 53.9 Å². The maximum atomic E-state index is 12.9. The molecule has 0 aliphatic carbocycles. The number of nitrogens with zero attached hydrogens (tertiary/aromatic N) is 2. The molecule has 0 atom stereocenters. The summed E-state index contributed by atoms with van der Waals surface area (Å²) in [6.45, 7) is 8.38. The lowest BCUT2D eigenvalue weighted by molar-refractivity contribution is 0.0304. The third-order valence-electron chi connectivity index (χ3n) is 5.70. The quantitative estimate of drug-likeness (QED) is 0.599. The third kappa shape index (κ3) is 6.44. The van der Waals surface area contributed by atoms with Crippen LogP contribution in [0.3, 0.4) is 0 Å². The molecule has 184 valence electrons. The van der Waals surface area contributed by atoms with Gasteiger partial charge in [-0.05, 0) is 43.9 Å². The van der Waals surface area contributed by atoms with Crippen LogP contribution in [0.2, 0.25) is 0 Å². The van der Waals surface area contributed by atoms with Crippen LogP contribution in [0.15, 0.2) is 24.3 Å². The molecule has 0 unspecified atom stereocenters. The highest BCUT2D eigenvalue weighted by atomic mass is 16.5. The molecular weight excluding hydrogens is 436 g/mol. The molecule has 1 aliphatic heterocycles. The molecule has 0 saturated heterocycles. The minimum Gasteiger partial charge on any atom is -0.461 e. The number of carbonyl (C=O) groups excluding carboxylic acids is 3. The number of esters is 1. The largest absolute Gasteiger partial charge is 0.461 e. The van der Waals surface area contributed by atoms with E-state index >= 15 is 0 Å². The minimum absolute atomic E-state index is 0.0985. The van der Waals surface area contributed by atoms with Crippen molar-refractivity contribution in [3.05, 3.63) is 52.3 Å². The van der Waals surface area contributed by atoms with E-state index in [-0.39, 0.29) is 23.6 Å². The number of nitrogens with one attached hydrogen (secondary N) is 1. The van der Waals surface area contributed by atoms with E-state index in [1.165, 1.54) is 6.07 Å². The van der Waals surface area contributed by atoms with E-state index in [9.17, 15) is 14.4 Å². The summed E-state index contributed by atoms with van der Waals surface area (Å²) in [5.41, 5.74) is 7.67. The van der Waals surface area contributed by atoms with Crippen molar-refractivity contribution in [2.24, 2.45) is 11.1 Å². The lowest BCUT2D eigenvalue weighted by Crippen LogP contribution is -2.29. The predicted octanol–water partition coefficient (Wildman–Crippen LogP) is 2.51. The Kier molecular flexibility index (Phi) is 8.44. The number of aryl methyl sites for hydroxylation is 1. The van der Waals surface area contributed by atoms with Gasteiger partial charge in [-0.1, -0.05) is 26.8 Å². The van der Waals surface area contributed by atoms with Gasteiger partial charge in [0.25, 0.3) is 5.91 Å². The molecule has 1 aliphatic rings. The number of aromatic nitrogens is 2. The van der Waals surface area contributed by atoms with E-state index < -0.39 is 17.3 Å². The van der Waals surface area contributed by atoms with Gasteiger partial charge in [-0.2, -0.15) is 5.10 Å². The molecule has 1 aromatic carbocycles. The SMILES string of the molecule is CCc1nn(CC(C)(C)COC(=O)c2cccc(C(N)=O)c2)c2c1C(=O)NCCCOCCC2. The Balaban J connectivity index is 1.76. The summed E-state index contributed by atoms with van der Waals surface area (Å²) >= 11 is 0. The predicted molar refractivity (Wildman–Crippen MR) is 127 cm³/mol. The number of benzene rings is 1. The van der Waals surface area contributed by atoms with Gasteiger partial charge in [0.05, 0.1) is 29.1 Å². The molecule has 0 bridgehead atoms. The Morgan fingerprint density at radius 1 is 1.24 bits per heavy atom. The van der Waals surface area contributed by atoms with Crippen molar-refractivity contribution in [1.82, 2.24) is 15.1 Å². The summed E-state index contributed by atoms with van der Waals surface area (Å²) in [6.07, 6.45) is 2.88. The second-order valence-electron chi connectivity index (χ2n) is 9.29. The van der Waals surface area contributed by atoms with Gasteiger partial charge in [-0.15, -0.1) is 0 Å². The fraction of sp³-hybridized carbons (Fsp3) is 0.520. The van der Waals surface area contributed by atoms with E-state index in [0.717, 1.165) is 24.2 Å². The van der Waals surface area contributed by atoms with Crippen LogP contribution >= 0.6 is 0 Å². The molecule has 0 fully saturated rings. The first-order valence-corrected chi connectivity index (χ1v) is 11.7. The van der Waals surface area contributed by atoms with E-state index in [2.05, 4.69) is 5.32 Å². The second-order valence-corrected chi connectivity index (χ2v) is 9.29. The topological polar surface area (TPSA) is 126 Å². The van der Waals surface area contributed by atoms with Gasteiger partial charge >= 0.3 is 5.97 Å². The normalized spacial score (nSPS) is 15.1. The minimum atomic E-state index is -0.603. The molecule has 34 heavy (non-hydrogen) atoms. The van der Waals surface area contributed by atoms with Crippen LogP contribution in [-0.2, 0) is 28.9 Å². The number of fused-ring (bicyclic) bond motifs is 1. The monoisotopic (exact) mass is 470 g/mol. The average Bonchev–Trinajstić information content (AvgIpc) is 3.13. The number of rotatable bonds is 7. The smallest absolute Gasteiger partial charge is 0.338 e. The van der Waals surface area contributed by atoms with Crippen LogP contribution < -0.4 is 11.1 Å². The molecule has 1 aromatic heterocycles. The van der Waals surface area contributed by atoms with Crippen molar-refractivity contribution in [3.8, 4) is 0 Å². The number of amides is 2. The molecule has 2 amide bonds. The Morgan fingerprint density at radius 2 is 1.97 bits per heavy atom. The summed E-state index contributed by atoms with van der Waals surface area (Å²) in [5, 5.41) is 7.74. The first-order chi connectivity index (χ1) is 16.2. The molecule has 2 heterocycles. The number of carbonyl (C=O) groups is 3. The molecule has 0 radical (unpaired) electrons. The lowest BCUT2D eigenvalue weighted by Gasteiger charge is -2.25. The first kappa shape index (κ1) is 25.4. The summed E-state index contributed by atoms with van der Waals surface area (Å²) in [7, 11) is 0. The number of hydrogen-bond acceptors (Lipinski definition) is 6. The molecule has 9 heteroatoms. The maximum absolute atomic E-state index is 12.9. The summed E-state index contributed by atoms with van der Waals surface area (Å²) in [5.74, 6) is -1.23. The van der Waals surface area contributed by atoms with Crippen LogP contribution in [0.4, 0.5) is 0 Å². The van der Waals surface area contributed by atoms with Crippen LogP contribution in [0.1, 0.15) is 76.1 Å². The zero-order valence-corrected chi connectivity index (χ0v) is 20.2. The number of ether oxygens (including phenoxy) is 2. The fourth-order valence-electron chi connectivity index (χ4n) is 3.95. The van der Waals surface area contributed by atoms with Crippen LogP contribution in [0.5, 0.6) is 0 Å². The number of hydrogen-bond donors (Lipinski definition) is 2. The van der Waals surface area contributed by atoms with E-state index in [1.807, 2.05) is 25.5 Å². The molecule has 3 rings (SSSR count). The average molecular weight is 471 g/mol. The molecule has 9 nitrogen and oxygen atoms in total. The first-order valence-electron chi connectivity index (χ1n) is 11.7. The van der Waals surface area contributed by atoms with Gasteiger partial charge in [-0.3, -0.25) is 14.3 Å².